The number of rotatable bonds is 4. The number of benzene rings is 4. The number of hydrogen-bond acceptors (Lipinski definition) is 3. The van der Waals surface area contributed by atoms with Crippen LogP contribution in [0.5, 0.6) is 0 Å². The molecule has 4 aromatic carbocycles. The predicted molar refractivity (Wildman–Crippen MR) is 122 cm³/mol. The van der Waals surface area contributed by atoms with E-state index in [9.17, 15) is 52.7 Å². The van der Waals surface area contributed by atoms with Crippen molar-refractivity contribution in [3.05, 3.63) is 116 Å². The summed E-state index contributed by atoms with van der Waals surface area (Å²) < 4.78 is 281. The van der Waals surface area contributed by atoms with Gasteiger partial charge in [0.25, 0.3) is 0 Å². The Morgan fingerprint density at radius 2 is 0.306 bits per heavy atom. The van der Waals surface area contributed by atoms with E-state index in [0.29, 0.717) is 0 Å². The van der Waals surface area contributed by atoms with Gasteiger partial charge in [0, 0.05) is 0 Å². The van der Waals surface area contributed by atoms with Crippen LogP contribution in [0.25, 0.3) is 0 Å². The molecule has 3 nitrogen and oxygen atoms in total. The average molecular weight is 849 g/mol. The fraction of sp³-hybridized carbons (Fsp3) is 0. The number of halogens is 20. The van der Waals surface area contributed by atoms with Crippen LogP contribution in [0.3, 0.4) is 0 Å². The summed E-state index contributed by atoms with van der Waals surface area (Å²) in [6, 6.07) is 0. The van der Waals surface area contributed by atoms with E-state index in [-0.39, 0.29) is 0 Å². The summed E-state index contributed by atoms with van der Waals surface area (Å²) in [5.74, 6) is -70.5. The van der Waals surface area contributed by atoms with Crippen molar-refractivity contribution >= 4 is 40.0 Å². The van der Waals surface area contributed by atoms with Crippen LogP contribution in [-0.4, -0.2) is 40.8 Å². The Balaban J connectivity index is 0.00000154. The van der Waals surface area contributed by atoms with Crippen LogP contribution >= 0.6 is 0 Å². The smallest absolute Gasteiger partial charge is 0.402 e. The van der Waals surface area contributed by atoms with E-state index in [1.54, 1.807) is 0 Å². The summed E-state index contributed by atoms with van der Waals surface area (Å²) in [6.45, 7) is 0. The molecule has 4 rings (SSSR count). The third kappa shape index (κ3) is 5.84. The Morgan fingerprint density at radius 1 is 0.224 bits per heavy atom. The minimum Gasteiger partial charge on any atom is -0.402 e. The van der Waals surface area contributed by atoms with Gasteiger partial charge < -0.3 is 15.1 Å². The van der Waals surface area contributed by atoms with Crippen molar-refractivity contribution in [3.8, 4) is 0 Å². The third-order valence-corrected chi connectivity index (χ3v) is 19.9. The van der Waals surface area contributed by atoms with Crippen LogP contribution in [0, 0.1) is 116 Å². The van der Waals surface area contributed by atoms with Gasteiger partial charge in [0.1, 0.15) is 0 Å². The first-order chi connectivity index (χ1) is 22.4. The maximum absolute atomic E-state index is 15.4. The van der Waals surface area contributed by atoms with Gasteiger partial charge >= 0.3 is 244 Å². The van der Waals surface area contributed by atoms with Crippen LogP contribution in [0.1, 0.15) is 0 Å². The largest absolute Gasteiger partial charge is 0.631 e. The van der Waals surface area contributed by atoms with Gasteiger partial charge in [-0.2, -0.15) is 0 Å². The zero-order chi connectivity index (χ0) is 37.9. The first-order valence-corrected chi connectivity index (χ1v) is 17.3. The molecule has 0 aromatic heterocycles. The molecule has 0 amide bonds. The van der Waals surface area contributed by atoms with Crippen LogP contribution in [0.15, 0.2) is 0 Å². The molecule has 0 radical (unpaired) electrons. The van der Waals surface area contributed by atoms with Crippen LogP contribution in [0.4, 0.5) is 87.8 Å². The molecule has 0 aliphatic rings. The zero-order valence-corrected chi connectivity index (χ0v) is 24.8. The first kappa shape index (κ1) is 39.7. The normalized spacial score (nSPS) is 11.6. The van der Waals surface area contributed by atoms with Crippen molar-refractivity contribution in [2.75, 3.05) is 0 Å². The monoisotopic (exact) mass is 850 g/mol. The van der Waals surface area contributed by atoms with Crippen LogP contribution < -0.4 is 14.3 Å². The second kappa shape index (κ2) is 13.9. The summed E-state index contributed by atoms with van der Waals surface area (Å²) in [4.78, 5) is 0. The van der Waals surface area contributed by atoms with Gasteiger partial charge in [-0.1, -0.05) is 0 Å². The third-order valence-electron chi connectivity index (χ3n) is 6.34. The van der Waals surface area contributed by atoms with Crippen molar-refractivity contribution < 1.29 is 103 Å². The molecule has 25 heteroatoms. The first-order valence-electron chi connectivity index (χ1n) is 11.6. The zero-order valence-electron chi connectivity index (χ0n) is 22.0. The van der Waals surface area contributed by atoms with E-state index in [0.717, 1.165) is 0 Å². The van der Waals surface area contributed by atoms with Crippen LogP contribution in [-0.2, 0) is 0 Å². The molecule has 0 saturated heterocycles. The molecular weight excluding hydrogens is 846 g/mol. The van der Waals surface area contributed by atoms with Gasteiger partial charge in [-0.05, 0) is 0 Å². The summed E-state index contributed by atoms with van der Waals surface area (Å²) in [5, 5.41) is 21.5. The van der Waals surface area contributed by atoms with Gasteiger partial charge in [-0.15, -0.1) is 0 Å². The number of hydrogen-bond donors (Lipinski definition) is 3. The summed E-state index contributed by atoms with van der Waals surface area (Å²) in [7, 11) is -2.17. The van der Waals surface area contributed by atoms with E-state index in [1.165, 1.54) is 0 Å². The van der Waals surface area contributed by atoms with E-state index in [2.05, 4.69) is 0 Å². The molecule has 0 heterocycles. The molecule has 0 atom stereocenters. The SMILES string of the molecule is Fc1c(F)c(F)[c]([Sn]([c]2c(F)c(F)c(F)c(F)c2F)([c]2c(F)c(F)c(F)c(F)c2F)[c]2c(F)c(F)c(F)c(F)c2F)c(F)c1F.OB(O)O. The summed E-state index contributed by atoms with van der Waals surface area (Å²) >= 11 is -9.86. The molecule has 0 bridgehead atoms. The van der Waals surface area contributed by atoms with E-state index in [4.69, 9.17) is 15.1 Å². The molecule has 49 heavy (non-hydrogen) atoms. The fourth-order valence-electron chi connectivity index (χ4n) is 4.49. The maximum Gasteiger partial charge on any atom is 0.631 e. The quantitative estimate of drug-likeness (QED) is 0.127. The standard InChI is InChI=1S/4C6F5.BH3O3.Sn/c4*7-2-1-3(8)5(10)6(11)4(2)9;2-1(3)4;/h;;;;2-4H;. The van der Waals surface area contributed by atoms with Gasteiger partial charge in [-0.3, -0.25) is 0 Å². The van der Waals surface area contributed by atoms with Crippen molar-refractivity contribution in [1.29, 1.82) is 0 Å². The Morgan fingerprint density at radius 3 is 0.408 bits per heavy atom. The fourth-order valence-corrected chi connectivity index (χ4v) is 18.8. The van der Waals surface area contributed by atoms with E-state index in [1.807, 2.05) is 0 Å². The minimum atomic E-state index is -9.86. The Hall–Kier alpha value is -3.78. The Labute approximate surface area is 259 Å². The Kier molecular flexibility index (Phi) is 11.2. The van der Waals surface area contributed by atoms with Gasteiger partial charge in [0.15, 0.2) is 0 Å². The van der Waals surface area contributed by atoms with E-state index >= 15 is 35.1 Å². The molecule has 3 N–H and O–H groups in total. The van der Waals surface area contributed by atoms with Gasteiger partial charge in [0.05, 0.1) is 0 Å². The van der Waals surface area contributed by atoms with Crippen LogP contribution in [0.2, 0.25) is 0 Å². The molecular formula is C24H3BF20O3Sn. The molecule has 0 spiro atoms. The summed E-state index contributed by atoms with van der Waals surface area (Å²) in [5.41, 5.74) is 0. The van der Waals surface area contributed by atoms with Crippen molar-refractivity contribution in [2.45, 2.75) is 0 Å². The van der Waals surface area contributed by atoms with E-state index < -0.39 is 156 Å². The second-order valence-electron chi connectivity index (χ2n) is 8.88. The molecule has 0 aliphatic carbocycles. The molecule has 0 aliphatic heterocycles. The predicted octanol–water partition coefficient (Wildman–Crippen LogP) is 3.79. The van der Waals surface area contributed by atoms with Crippen molar-refractivity contribution in [1.82, 2.24) is 0 Å². The summed E-state index contributed by atoms with van der Waals surface area (Å²) in [6.07, 6.45) is 0. The van der Waals surface area contributed by atoms with Crippen molar-refractivity contribution in [2.24, 2.45) is 0 Å². The minimum absolute atomic E-state index is 2.17. The molecule has 0 saturated carbocycles. The molecule has 4 aromatic rings. The van der Waals surface area contributed by atoms with Gasteiger partial charge in [-0.25, -0.2) is 0 Å². The molecule has 264 valence electrons. The average Bonchev–Trinajstić information content (AvgIpc) is 3.04. The van der Waals surface area contributed by atoms with Crippen molar-refractivity contribution in [3.63, 3.8) is 0 Å². The van der Waals surface area contributed by atoms with Gasteiger partial charge in [0.2, 0.25) is 0 Å². The Bertz CT molecular complexity index is 1640. The second-order valence-corrected chi connectivity index (χ2v) is 18.9. The molecule has 0 fully saturated rings. The molecule has 0 unspecified atom stereocenters. The maximum atomic E-state index is 15.4. The topological polar surface area (TPSA) is 60.7 Å².